The zero-order chi connectivity index (χ0) is 25.4. The highest BCUT2D eigenvalue weighted by molar-refractivity contribution is 5.63. The predicted molar refractivity (Wildman–Crippen MR) is 129 cm³/mol. The second-order valence-corrected chi connectivity index (χ2v) is 7.78. The third-order valence-electron chi connectivity index (χ3n) is 4.77. The van der Waals surface area contributed by atoms with Crippen LogP contribution in [0.1, 0.15) is 26.9 Å². The largest absolute Gasteiger partial charge is 0.494 e. The molecular formula is C24H30FN7O3. The number of benzene rings is 1. The summed E-state index contributed by atoms with van der Waals surface area (Å²) in [5.74, 6) is 3.69. The number of aryl methyl sites for hydroxylation is 1. The van der Waals surface area contributed by atoms with Crippen LogP contribution in [0.4, 0.5) is 4.39 Å². The Balaban J connectivity index is 0.000000321. The summed E-state index contributed by atoms with van der Waals surface area (Å²) in [5, 5.41) is 8.40. The van der Waals surface area contributed by atoms with Crippen molar-refractivity contribution in [3.63, 3.8) is 0 Å². The summed E-state index contributed by atoms with van der Waals surface area (Å²) in [6.07, 6.45) is 6.33. The van der Waals surface area contributed by atoms with Crippen molar-refractivity contribution in [3.05, 3.63) is 60.5 Å². The summed E-state index contributed by atoms with van der Waals surface area (Å²) in [7, 11) is 4.74. The average Bonchev–Trinajstić information content (AvgIpc) is 3.25. The molecule has 4 rings (SSSR count). The van der Waals surface area contributed by atoms with Crippen LogP contribution >= 0.6 is 0 Å². The van der Waals surface area contributed by atoms with Crippen molar-refractivity contribution in [2.75, 3.05) is 21.3 Å². The molecule has 0 N–H and O–H groups in total. The third kappa shape index (κ3) is 6.25. The minimum Gasteiger partial charge on any atom is -0.494 e. The maximum absolute atomic E-state index is 12.3. The average molecular weight is 484 g/mol. The molecule has 3 heterocycles. The minimum absolute atomic E-state index is 0. The van der Waals surface area contributed by atoms with Gasteiger partial charge in [-0.3, -0.25) is 9.55 Å². The summed E-state index contributed by atoms with van der Waals surface area (Å²) in [4.78, 5) is 16.2. The van der Waals surface area contributed by atoms with Crippen LogP contribution in [0.2, 0.25) is 0 Å². The maximum atomic E-state index is 12.3. The summed E-state index contributed by atoms with van der Waals surface area (Å²) < 4.78 is 30.2. The second kappa shape index (κ2) is 11.8. The van der Waals surface area contributed by atoms with E-state index in [1.807, 2.05) is 29.7 Å². The number of ether oxygens (including phenoxy) is 3. The Bertz CT molecular complexity index is 1230. The smallest absolute Gasteiger partial charge is 0.232 e. The van der Waals surface area contributed by atoms with E-state index >= 15 is 0 Å². The van der Waals surface area contributed by atoms with Crippen LogP contribution < -0.4 is 14.2 Å². The molecule has 1 aromatic carbocycles. The monoisotopic (exact) mass is 483 g/mol. The number of methoxy groups -OCH3 is 3. The van der Waals surface area contributed by atoms with Crippen LogP contribution in [0.25, 0.3) is 17.2 Å². The van der Waals surface area contributed by atoms with Gasteiger partial charge in [-0.2, -0.15) is 0 Å². The SMILES string of the molecule is CC(C)Cc1ncc(F)cn1.COc1cncc(-c2nnc(C)n2-c2c(OC)cccc2OC)n1.[HH]. The van der Waals surface area contributed by atoms with Crippen LogP contribution in [-0.4, -0.2) is 56.0 Å². The quantitative estimate of drug-likeness (QED) is 0.383. The van der Waals surface area contributed by atoms with Gasteiger partial charge in [0.25, 0.3) is 0 Å². The molecule has 0 radical (unpaired) electrons. The molecule has 0 bridgehead atoms. The summed E-state index contributed by atoms with van der Waals surface area (Å²) in [6.45, 7) is 6.00. The Labute approximate surface area is 204 Å². The molecular weight excluding hydrogens is 453 g/mol. The first-order valence-corrected chi connectivity index (χ1v) is 10.8. The number of aromatic nitrogens is 7. The van der Waals surface area contributed by atoms with Crippen LogP contribution in [-0.2, 0) is 6.42 Å². The van der Waals surface area contributed by atoms with Gasteiger partial charge in [-0.15, -0.1) is 10.2 Å². The minimum atomic E-state index is -0.377. The molecule has 186 valence electrons. The molecule has 0 saturated heterocycles. The van der Waals surface area contributed by atoms with Gasteiger partial charge >= 0.3 is 0 Å². The van der Waals surface area contributed by atoms with E-state index in [1.54, 1.807) is 20.4 Å². The van der Waals surface area contributed by atoms with Gasteiger partial charge in [-0.05, 0) is 25.0 Å². The molecule has 0 unspecified atom stereocenters. The van der Waals surface area contributed by atoms with E-state index in [4.69, 9.17) is 14.2 Å². The highest BCUT2D eigenvalue weighted by atomic mass is 19.1. The van der Waals surface area contributed by atoms with E-state index in [0.717, 1.165) is 6.42 Å². The van der Waals surface area contributed by atoms with Gasteiger partial charge in [0.05, 0.1) is 46.1 Å². The van der Waals surface area contributed by atoms with E-state index in [9.17, 15) is 4.39 Å². The number of halogens is 1. The fourth-order valence-corrected chi connectivity index (χ4v) is 3.21. The Kier molecular flexibility index (Phi) is 8.60. The Morgan fingerprint density at radius 1 is 0.943 bits per heavy atom. The molecule has 0 saturated carbocycles. The van der Waals surface area contributed by atoms with Gasteiger partial charge in [0.2, 0.25) is 5.88 Å². The molecule has 0 fully saturated rings. The molecule has 11 heteroatoms. The lowest BCUT2D eigenvalue weighted by molar-refractivity contribution is 0.390. The van der Waals surface area contributed by atoms with E-state index in [2.05, 4.69) is 44.0 Å². The lowest BCUT2D eigenvalue weighted by atomic mass is 10.1. The van der Waals surface area contributed by atoms with Gasteiger partial charge in [0.1, 0.15) is 34.5 Å². The number of rotatable bonds is 7. The first-order chi connectivity index (χ1) is 16.9. The number of nitrogens with zero attached hydrogens (tertiary/aromatic N) is 7. The maximum Gasteiger partial charge on any atom is 0.232 e. The zero-order valence-electron chi connectivity index (χ0n) is 20.6. The molecule has 35 heavy (non-hydrogen) atoms. The number of para-hydroxylation sites is 1. The highest BCUT2D eigenvalue weighted by Gasteiger charge is 2.21. The molecule has 0 aliphatic carbocycles. The van der Waals surface area contributed by atoms with E-state index in [0.29, 0.717) is 52.2 Å². The van der Waals surface area contributed by atoms with Crippen LogP contribution in [0.3, 0.4) is 0 Å². The second-order valence-electron chi connectivity index (χ2n) is 7.78. The zero-order valence-corrected chi connectivity index (χ0v) is 20.6. The lowest BCUT2D eigenvalue weighted by Crippen LogP contribution is -2.06. The Morgan fingerprint density at radius 3 is 2.17 bits per heavy atom. The van der Waals surface area contributed by atoms with Crippen LogP contribution in [0, 0.1) is 18.7 Å². The fourth-order valence-electron chi connectivity index (χ4n) is 3.21. The van der Waals surface area contributed by atoms with Gasteiger partial charge in [0.15, 0.2) is 11.6 Å². The van der Waals surface area contributed by atoms with E-state index in [-0.39, 0.29) is 7.24 Å². The van der Waals surface area contributed by atoms with Crippen LogP contribution in [0.5, 0.6) is 17.4 Å². The predicted octanol–water partition coefficient (Wildman–Crippen LogP) is 4.12. The van der Waals surface area contributed by atoms with Gasteiger partial charge < -0.3 is 14.2 Å². The first-order valence-electron chi connectivity index (χ1n) is 10.8. The summed E-state index contributed by atoms with van der Waals surface area (Å²) >= 11 is 0. The molecule has 0 atom stereocenters. The molecule has 3 aromatic heterocycles. The number of hydrogen-bond donors (Lipinski definition) is 0. The van der Waals surface area contributed by atoms with Crippen molar-refractivity contribution in [2.45, 2.75) is 27.2 Å². The highest BCUT2D eigenvalue weighted by Crippen LogP contribution is 2.35. The summed E-state index contributed by atoms with van der Waals surface area (Å²) in [6, 6.07) is 5.54. The Hall–Kier alpha value is -4.15. The normalized spacial score (nSPS) is 10.5. The molecule has 0 aliphatic heterocycles. The van der Waals surface area contributed by atoms with Crippen molar-refractivity contribution >= 4 is 0 Å². The lowest BCUT2D eigenvalue weighted by Gasteiger charge is -2.16. The molecule has 4 aromatic rings. The fraction of sp³-hybridized carbons (Fsp3) is 0.333. The van der Waals surface area contributed by atoms with E-state index in [1.165, 1.54) is 25.7 Å². The Morgan fingerprint density at radius 2 is 1.60 bits per heavy atom. The van der Waals surface area contributed by atoms with Gasteiger partial charge in [-0.25, -0.2) is 19.3 Å². The molecule has 10 nitrogen and oxygen atoms in total. The van der Waals surface area contributed by atoms with Crippen molar-refractivity contribution in [1.82, 2.24) is 34.7 Å². The van der Waals surface area contributed by atoms with Gasteiger partial charge in [-0.1, -0.05) is 19.9 Å². The van der Waals surface area contributed by atoms with Crippen LogP contribution in [0.15, 0.2) is 43.0 Å². The van der Waals surface area contributed by atoms with Crippen molar-refractivity contribution in [1.29, 1.82) is 0 Å². The topological polar surface area (TPSA) is 110 Å². The summed E-state index contributed by atoms with van der Waals surface area (Å²) in [5.41, 5.74) is 1.23. The van der Waals surface area contributed by atoms with Crippen molar-refractivity contribution < 1.29 is 20.0 Å². The number of hydrogen-bond acceptors (Lipinski definition) is 9. The van der Waals surface area contributed by atoms with Crippen molar-refractivity contribution in [3.8, 4) is 34.6 Å². The third-order valence-corrected chi connectivity index (χ3v) is 4.77. The van der Waals surface area contributed by atoms with Crippen molar-refractivity contribution in [2.24, 2.45) is 5.92 Å². The van der Waals surface area contributed by atoms with Gasteiger partial charge in [0, 0.05) is 7.85 Å². The standard InChI is InChI=1S/C16H17N5O3.C8H11FN2.H2/c1-10-19-20-16(11-8-17-9-14(18-11)24-4)21(10)15-12(22-2)6-5-7-13(15)23-3;1-6(2)3-8-10-4-7(9)5-11-8;/h5-9H,1-4H3;4-6H,3H2,1-2H3;1H. The molecule has 0 amide bonds. The van der Waals surface area contributed by atoms with E-state index < -0.39 is 0 Å². The molecule has 0 aliphatic rings. The molecule has 0 spiro atoms. The first kappa shape index (κ1) is 25.5.